The second kappa shape index (κ2) is 12.1. The van der Waals surface area contributed by atoms with Gasteiger partial charge in [0.1, 0.15) is 6.10 Å². The molecule has 7 nitrogen and oxygen atoms in total. The molecule has 0 aliphatic heterocycles. The van der Waals surface area contributed by atoms with Crippen molar-refractivity contribution in [3.05, 3.63) is 0 Å². The Balaban J connectivity index is 4.37. The minimum absolute atomic E-state index is 0.111. The Morgan fingerprint density at radius 2 is 1.77 bits per heavy atom. The van der Waals surface area contributed by atoms with E-state index in [1.54, 1.807) is 0 Å². The van der Waals surface area contributed by atoms with Crippen LogP contribution in [0.4, 0.5) is 0 Å². The summed E-state index contributed by atoms with van der Waals surface area (Å²) in [7, 11) is 3.78. The summed E-state index contributed by atoms with van der Waals surface area (Å²) in [5, 5.41) is 0. The highest BCUT2D eigenvalue weighted by Gasteiger charge is 2.21. The molecule has 0 aromatic rings. The molecule has 0 heterocycles. The van der Waals surface area contributed by atoms with Crippen molar-refractivity contribution in [1.29, 1.82) is 0 Å². The molecule has 0 rings (SSSR count). The van der Waals surface area contributed by atoms with Crippen LogP contribution in [0.25, 0.3) is 0 Å². The Morgan fingerprint density at radius 3 is 2.32 bits per heavy atom. The van der Waals surface area contributed by atoms with E-state index >= 15 is 0 Å². The predicted octanol–water partition coefficient (Wildman–Crippen LogP) is 0.849. The number of rotatable bonds is 11. The number of hydrogen-bond acceptors (Lipinski definition) is 7. The highest BCUT2D eigenvalue weighted by molar-refractivity contribution is 5.85. The summed E-state index contributed by atoms with van der Waals surface area (Å²) >= 11 is 0. The Kier molecular flexibility index (Phi) is 11.3. The van der Waals surface area contributed by atoms with E-state index in [4.69, 9.17) is 15.2 Å². The molecule has 2 N–H and O–H groups in total. The molecule has 0 unspecified atom stereocenters. The lowest BCUT2D eigenvalue weighted by molar-refractivity contribution is -0.163. The van der Waals surface area contributed by atoms with Crippen molar-refractivity contribution in [2.45, 2.75) is 51.6 Å². The van der Waals surface area contributed by atoms with Crippen molar-refractivity contribution in [1.82, 2.24) is 4.90 Å². The summed E-state index contributed by atoms with van der Waals surface area (Å²) in [5.41, 5.74) is 5.28. The molecular formula is C15H28N2O5. The van der Waals surface area contributed by atoms with Gasteiger partial charge in [-0.2, -0.15) is 0 Å². The maximum Gasteiger partial charge on any atom is 0.317 e. The maximum atomic E-state index is 11.7. The molecule has 0 fully saturated rings. The molecule has 128 valence electrons. The molecule has 0 aliphatic rings. The van der Waals surface area contributed by atoms with Gasteiger partial charge < -0.3 is 20.1 Å². The Hall–Kier alpha value is -1.47. The molecule has 0 spiro atoms. The zero-order valence-corrected chi connectivity index (χ0v) is 13.8. The predicted molar refractivity (Wildman–Crippen MR) is 82.0 cm³/mol. The number of carbonyl (C=O) groups is 3. The number of ether oxygens (including phenoxy) is 2. The Bertz CT molecular complexity index is 358. The first-order valence-corrected chi connectivity index (χ1v) is 7.66. The van der Waals surface area contributed by atoms with Gasteiger partial charge in [0.05, 0.1) is 6.42 Å². The monoisotopic (exact) mass is 316 g/mol. The van der Waals surface area contributed by atoms with Crippen LogP contribution < -0.4 is 5.73 Å². The summed E-state index contributed by atoms with van der Waals surface area (Å²) in [6, 6.07) is 0. The molecular weight excluding hydrogens is 288 g/mol. The summed E-state index contributed by atoms with van der Waals surface area (Å²) in [4.78, 5) is 36.6. The third kappa shape index (κ3) is 11.2. The summed E-state index contributed by atoms with van der Waals surface area (Å²) < 4.78 is 9.97. The molecule has 0 aromatic heterocycles. The van der Waals surface area contributed by atoms with E-state index < -0.39 is 18.0 Å². The number of carbonyl (C=O) groups excluding carboxylic acids is 3. The molecule has 0 radical (unpaired) electrons. The number of nitrogens with two attached hydrogens (primary N) is 1. The van der Waals surface area contributed by atoms with Gasteiger partial charge in [0.25, 0.3) is 0 Å². The van der Waals surface area contributed by atoms with Crippen LogP contribution in [0, 0.1) is 0 Å². The van der Waals surface area contributed by atoms with Crippen LogP contribution in [0.5, 0.6) is 0 Å². The van der Waals surface area contributed by atoms with E-state index in [1.165, 1.54) is 0 Å². The first-order valence-electron chi connectivity index (χ1n) is 7.66. The number of hydrogen-bond donors (Lipinski definition) is 1. The van der Waals surface area contributed by atoms with E-state index in [2.05, 4.69) is 0 Å². The first kappa shape index (κ1) is 20.5. The Labute approximate surface area is 132 Å². The van der Waals surface area contributed by atoms with Crippen molar-refractivity contribution < 1.29 is 23.9 Å². The van der Waals surface area contributed by atoms with E-state index in [0.717, 1.165) is 0 Å². The van der Waals surface area contributed by atoms with Crippen molar-refractivity contribution in [2.24, 2.45) is 5.73 Å². The van der Waals surface area contributed by atoms with Gasteiger partial charge in [0.2, 0.25) is 0 Å². The minimum Gasteiger partial charge on any atom is -0.462 e. The number of nitrogens with zero attached hydrogens (tertiary/aromatic N) is 1. The molecule has 7 heteroatoms. The topological polar surface area (TPSA) is 98.9 Å². The van der Waals surface area contributed by atoms with Gasteiger partial charge in [-0.25, -0.2) is 0 Å². The third-order valence-corrected chi connectivity index (χ3v) is 2.86. The minimum atomic E-state index is -0.671. The fraction of sp³-hybridized carbons (Fsp3) is 0.800. The van der Waals surface area contributed by atoms with Gasteiger partial charge in [-0.05, 0) is 39.9 Å². The molecule has 0 aromatic carbocycles. The van der Waals surface area contributed by atoms with Crippen LogP contribution in [0.1, 0.15) is 45.4 Å². The molecule has 0 saturated carbocycles. The van der Waals surface area contributed by atoms with Crippen LogP contribution in [0.3, 0.4) is 0 Å². The van der Waals surface area contributed by atoms with E-state index in [9.17, 15) is 14.4 Å². The van der Waals surface area contributed by atoms with Gasteiger partial charge in [0.15, 0.2) is 0 Å². The lowest BCUT2D eigenvalue weighted by Crippen LogP contribution is -2.28. The second-order valence-corrected chi connectivity index (χ2v) is 5.40. The van der Waals surface area contributed by atoms with Crippen molar-refractivity contribution in [3.8, 4) is 0 Å². The number of esters is 3. The van der Waals surface area contributed by atoms with Gasteiger partial charge in [-0.3, -0.25) is 14.4 Å². The van der Waals surface area contributed by atoms with E-state index in [-0.39, 0.29) is 18.8 Å². The molecule has 0 aliphatic carbocycles. The zero-order chi connectivity index (χ0) is 17.0. The van der Waals surface area contributed by atoms with Gasteiger partial charge in [-0.1, -0.05) is 6.92 Å². The van der Waals surface area contributed by atoms with Crippen LogP contribution in [0.15, 0.2) is 0 Å². The lowest BCUT2D eigenvalue weighted by Gasteiger charge is -2.19. The third-order valence-electron chi connectivity index (χ3n) is 2.86. The smallest absolute Gasteiger partial charge is 0.317 e. The van der Waals surface area contributed by atoms with Crippen LogP contribution >= 0.6 is 0 Å². The molecule has 0 amide bonds. The quantitative estimate of drug-likeness (QED) is 0.445. The molecule has 1 atom stereocenters. The van der Waals surface area contributed by atoms with Crippen molar-refractivity contribution >= 4 is 17.9 Å². The average Bonchev–Trinajstić information content (AvgIpc) is 2.42. The second-order valence-electron chi connectivity index (χ2n) is 5.40. The Morgan fingerprint density at radius 1 is 1.09 bits per heavy atom. The first-order chi connectivity index (χ1) is 10.4. The molecule has 0 bridgehead atoms. The van der Waals surface area contributed by atoms with Crippen molar-refractivity contribution in [3.63, 3.8) is 0 Å². The maximum absolute atomic E-state index is 11.7. The summed E-state index contributed by atoms with van der Waals surface area (Å²) in [6.07, 6.45) is 1.40. The van der Waals surface area contributed by atoms with Crippen LogP contribution in [0.2, 0.25) is 0 Å². The zero-order valence-electron chi connectivity index (χ0n) is 13.8. The van der Waals surface area contributed by atoms with Crippen LogP contribution in [-0.4, -0.2) is 56.1 Å². The standard InChI is InChI=1S/C15H28N2O5/c1-4-6-13(18)21-12(8-10-17(2)3)11-15(20)22-14(19)7-5-9-16/h12H,4-11,16H2,1-3H3/t12-/m0/s1. The SMILES string of the molecule is CCCC(=O)O[C@@H](CCN(C)C)CC(=O)OC(=O)CCCN. The normalized spacial score (nSPS) is 12.0. The molecule has 0 saturated heterocycles. The largest absolute Gasteiger partial charge is 0.462 e. The van der Waals surface area contributed by atoms with Gasteiger partial charge >= 0.3 is 17.9 Å². The summed E-state index contributed by atoms with van der Waals surface area (Å²) in [6.45, 7) is 2.91. The fourth-order valence-corrected chi connectivity index (χ4v) is 1.71. The lowest BCUT2D eigenvalue weighted by atomic mass is 10.1. The highest BCUT2D eigenvalue weighted by atomic mass is 16.6. The van der Waals surface area contributed by atoms with Gasteiger partial charge in [0, 0.05) is 19.4 Å². The van der Waals surface area contributed by atoms with E-state index in [1.807, 2.05) is 25.9 Å². The highest BCUT2D eigenvalue weighted by Crippen LogP contribution is 2.09. The summed E-state index contributed by atoms with van der Waals surface area (Å²) in [5.74, 6) is -1.61. The molecule has 22 heavy (non-hydrogen) atoms. The van der Waals surface area contributed by atoms with Crippen LogP contribution in [-0.2, 0) is 23.9 Å². The van der Waals surface area contributed by atoms with Gasteiger partial charge in [-0.15, -0.1) is 0 Å². The van der Waals surface area contributed by atoms with Crippen molar-refractivity contribution in [2.75, 3.05) is 27.2 Å². The van der Waals surface area contributed by atoms with E-state index in [0.29, 0.717) is 38.8 Å². The average molecular weight is 316 g/mol. The fourth-order valence-electron chi connectivity index (χ4n) is 1.71.